The molecule has 0 fully saturated rings. The maximum absolute atomic E-state index is 11.9. The van der Waals surface area contributed by atoms with Crippen molar-refractivity contribution in [1.82, 2.24) is 15.6 Å². The number of nitrogens with zero attached hydrogens (tertiary/aromatic N) is 1. The summed E-state index contributed by atoms with van der Waals surface area (Å²) in [5, 5.41) is 7.83. The highest BCUT2D eigenvalue weighted by Gasteiger charge is 2.08. The fourth-order valence-corrected chi connectivity index (χ4v) is 2.15. The Morgan fingerprint density at radius 1 is 1.12 bits per heavy atom. The number of ether oxygens (including phenoxy) is 2. The van der Waals surface area contributed by atoms with E-state index in [2.05, 4.69) is 20.9 Å². The van der Waals surface area contributed by atoms with Gasteiger partial charge in [0.05, 0.1) is 20.3 Å². The third kappa shape index (κ3) is 5.97. The molecule has 1 aromatic heterocycles. The largest absolute Gasteiger partial charge is 0.494 e. The molecule has 2 rings (SSSR count). The lowest BCUT2D eigenvalue weighted by Gasteiger charge is -2.10. The van der Waals surface area contributed by atoms with E-state index in [0.717, 1.165) is 11.3 Å². The van der Waals surface area contributed by atoms with E-state index in [1.54, 1.807) is 42.6 Å². The van der Waals surface area contributed by atoms with Crippen LogP contribution in [0.5, 0.6) is 11.6 Å². The third-order valence-corrected chi connectivity index (χ3v) is 3.34. The predicted molar refractivity (Wildman–Crippen MR) is 97.3 cm³/mol. The minimum absolute atomic E-state index is 0.150. The number of nitrogens with one attached hydrogen (secondary N) is 3. The number of methoxy groups -OCH3 is 1. The molecule has 138 valence electrons. The average molecular weight is 358 g/mol. The lowest BCUT2D eigenvalue weighted by molar-refractivity contribution is -0.115. The number of hydrogen-bond donors (Lipinski definition) is 3. The van der Waals surface area contributed by atoms with Crippen LogP contribution in [0.25, 0.3) is 0 Å². The molecule has 0 aliphatic carbocycles. The molecule has 0 bridgehead atoms. The number of amides is 3. The van der Waals surface area contributed by atoms with Gasteiger partial charge in [0.2, 0.25) is 11.8 Å². The molecular weight excluding hydrogens is 336 g/mol. The molecule has 26 heavy (non-hydrogen) atoms. The molecule has 8 nitrogen and oxygen atoms in total. The van der Waals surface area contributed by atoms with Gasteiger partial charge in [0.1, 0.15) is 5.75 Å². The Morgan fingerprint density at radius 2 is 1.88 bits per heavy atom. The zero-order valence-corrected chi connectivity index (χ0v) is 14.7. The van der Waals surface area contributed by atoms with Gasteiger partial charge in [-0.25, -0.2) is 9.78 Å². The van der Waals surface area contributed by atoms with E-state index in [0.29, 0.717) is 18.2 Å². The molecule has 0 atom stereocenters. The summed E-state index contributed by atoms with van der Waals surface area (Å²) in [5.41, 5.74) is 1.37. The van der Waals surface area contributed by atoms with Crippen LogP contribution >= 0.6 is 0 Å². The van der Waals surface area contributed by atoms with Crippen molar-refractivity contribution >= 4 is 17.6 Å². The second-order valence-corrected chi connectivity index (χ2v) is 5.21. The lowest BCUT2D eigenvalue weighted by atomic mass is 10.3. The van der Waals surface area contributed by atoms with Crippen molar-refractivity contribution in [3.05, 3.63) is 48.2 Å². The Bertz CT molecular complexity index is 734. The number of carbonyl (C=O) groups is 2. The van der Waals surface area contributed by atoms with Crippen LogP contribution in [-0.4, -0.2) is 37.2 Å². The van der Waals surface area contributed by atoms with Crippen LogP contribution in [0.15, 0.2) is 42.6 Å². The summed E-state index contributed by atoms with van der Waals surface area (Å²) in [6, 6.07) is 10.1. The van der Waals surface area contributed by atoms with Crippen molar-refractivity contribution in [2.45, 2.75) is 13.5 Å². The number of aromatic nitrogens is 1. The quantitative estimate of drug-likeness (QED) is 0.669. The summed E-state index contributed by atoms with van der Waals surface area (Å²) in [7, 11) is 1.51. The second-order valence-electron chi connectivity index (χ2n) is 5.21. The number of urea groups is 1. The van der Waals surface area contributed by atoms with Crippen molar-refractivity contribution < 1.29 is 19.1 Å². The summed E-state index contributed by atoms with van der Waals surface area (Å²) in [6.45, 7) is 2.57. The highest BCUT2D eigenvalue weighted by molar-refractivity contribution is 5.94. The number of hydrogen-bond acceptors (Lipinski definition) is 5. The van der Waals surface area contributed by atoms with E-state index in [4.69, 9.17) is 9.47 Å². The van der Waals surface area contributed by atoms with Crippen LogP contribution in [-0.2, 0) is 11.3 Å². The molecule has 0 unspecified atom stereocenters. The number of carbonyl (C=O) groups excluding carboxylic acids is 2. The number of pyridine rings is 1. The van der Waals surface area contributed by atoms with Gasteiger partial charge in [0.15, 0.2) is 0 Å². The van der Waals surface area contributed by atoms with Crippen LogP contribution in [0.2, 0.25) is 0 Å². The zero-order valence-electron chi connectivity index (χ0n) is 14.7. The van der Waals surface area contributed by atoms with Gasteiger partial charge >= 0.3 is 6.03 Å². The average Bonchev–Trinajstić information content (AvgIpc) is 2.66. The Balaban J connectivity index is 1.73. The number of rotatable bonds is 8. The summed E-state index contributed by atoms with van der Waals surface area (Å²) in [6.07, 6.45) is 1.60. The molecule has 3 N–H and O–H groups in total. The summed E-state index contributed by atoms with van der Waals surface area (Å²) >= 11 is 0. The summed E-state index contributed by atoms with van der Waals surface area (Å²) in [5.74, 6) is 0.846. The highest BCUT2D eigenvalue weighted by atomic mass is 16.5. The highest BCUT2D eigenvalue weighted by Crippen LogP contribution is 2.15. The molecular formula is C18H22N4O4. The minimum Gasteiger partial charge on any atom is -0.494 e. The van der Waals surface area contributed by atoms with Crippen LogP contribution in [0, 0.1) is 0 Å². The van der Waals surface area contributed by atoms with Crippen molar-refractivity contribution in [3.63, 3.8) is 0 Å². The summed E-state index contributed by atoms with van der Waals surface area (Å²) in [4.78, 5) is 27.7. The first-order valence-corrected chi connectivity index (χ1v) is 8.14. The summed E-state index contributed by atoms with van der Waals surface area (Å²) < 4.78 is 10.4. The van der Waals surface area contributed by atoms with E-state index in [9.17, 15) is 9.59 Å². The van der Waals surface area contributed by atoms with Crippen LogP contribution < -0.4 is 25.4 Å². The number of benzene rings is 1. The van der Waals surface area contributed by atoms with Gasteiger partial charge in [0.25, 0.3) is 0 Å². The lowest BCUT2D eigenvalue weighted by Crippen LogP contribution is -2.39. The van der Waals surface area contributed by atoms with Gasteiger partial charge < -0.3 is 25.4 Å². The fourth-order valence-electron chi connectivity index (χ4n) is 2.15. The normalized spacial score (nSPS) is 9.92. The van der Waals surface area contributed by atoms with Crippen molar-refractivity contribution in [2.24, 2.45) is 0 Å². The number of anilines is 1. The van der Waals surface area contributed by atoms with E-state index < -0.39 is 6.03 Å². The Labute approximate surface area is 151 Å². The zero-order chi connectivity index (χ0) is 18.8. The molecule has 0 saturated heterocycles. The Kier molecular flexibility index (Phi) is 7.23. The van der Waals surface area contributed by atoms with Crippen LogP contribution in [0.3, 0.4) is 0 Å². The van der Waals surface area contributed by atoms with Crippen LogP contribution in [0.4, 0.5) is 10.5 Å². The molecule has 1 heterocycles. The molecule has 2 aromatic rings. The van der Waals surface area contributed by atoms with E-state index in [1.807, 2.05) is 6.92 Å². The maximum atomic E-state index is 11.9. The maximum Gasteiger partial charge on any atom is 0.315 e. The first kappa shape index (κ1) is 19.0. The second kappa shape index (κ2) is 9.87. The molecule has 1 aromatic carbocycles. The molecule has 3 amide bonds. The Hall–Kier alpha value is -3.29. The van der Waals surface area contributed by atoms with E-state index in [1.165, 1.54) is 7.11 Å². The first-order chi connectivity index (χ1) is 12.6. The van der Waals surface area contributed by atoms with E-state index >= 15 is 0 Å². The topological polar surface area (TPSA) is 102 Å². The Morgan fingerprint density at radius 3 is 2.58 bits per heavy atom. The molecule has 0 spiro atoms. The molecule has 8 heteroatoms. The van der Waals surface area contributed by atoms with Gasteiger partial charge in [-0.15, -0.1) is 0 Å². The van der Waals surface area contributed by atoms with Crippen molar-refractivity contribution in [2.75, 3.05) is 25.6 Å². The van der Waals surface area contributed by atoms with Gasteiger partial charge in [-0.2, -0.15) is 0 Å². The standard InChI is InChI=1S/C18H22N4O4/c1-3-26-15-8-6-14(7-9-15)22-16(23)12-21-18(24)20-11-13-5-4-10-19-17(13)25-2/h4-10H,3,11-12H2,1-2H3,(H,22,23)(H2,20,21,24). The fraction of sp³-hybridized carbons (Fsp3) is 0.278. The van der Waals surface area contributed by atoms with Gasteiger partial charge in [-0.1, -0.05) is 6.07 Å². The smallest absolute Gasteiger partial charge is 0.315 e. The molecule has 0 aliphatic heterocycles. The third-order valence-electron chi connectivity index (χ3n) is 3.34. The van der Waals surface area contributed by atoms with Crippen molar-refractivity contribution in [1.29, 1.82) is 0 Å². The monoisotopic (exact) mass is 358 g/mol. The minimum atomic E-state index is -0.460. The van der Waals surface area contributed by atoms with Crippen molar-refractivity contribution in [3.8, 4) is 11.6 Å². The van der Waals surface area contributed by atoms with E-state index in [-0.39, 0.29) is 19.0 Å². The molecule has 0 radical (unpaired) electrons. The van der Waals surface area contributed by atoms with Crippen LogP contribution in [0.1, 0.15) is 12.5 Å². The SMILES string of the molecule is CCOc1ccc(NC(=O)CNC(=O)NCc2cccnc2OC)cc1. The first-order valence-electron chi connectivity index (χ1n) is 8.14. The molecule has 0 saturated carbocycles. The molecule has 0 aliphatic rings. The van der Waals surface area contributed by atoms with Gasteiger partial charge in [-0.05, 0) is 37.3 Å². The van der Waals surface area contributed by atoms with Gasteiger partial charge in [-0.3, -0.25) is 4.79 Å². The predicted octanol–water partition coefficient (Wildman–Crippen LogP) is 1.93. The van der Waals surface area contributed by atoms with Gasteiger partial charge in [0, 0.05) is 24.0 Å².